The molecule has 7 heteroatoms. The minimum atomic E-state index is -3.75. The first-order valence-electron chi connectivity index (χ1n) is 8.76. The van der Waals surface area contributed by atoms with Crippen LogP contribution in [0.25, 0.3) is 0 Å². The second-order valence-corrected chi connectivity index (χ2v) is 8.68. The van der Waals surface area contributed by atoms with Crippen molar-refractivity contribution in [2.24, 2.45) is 0 Å². The molecule has 1 aromatic rings. The number of carbonyl (C=O) groups is 1. The molecule has 2 rings (SSSR count). The minimum Gasteiger partial charge on any atom is -0.460 e. The Morgan fingerprint density at radius 2 is 1.96 bits per heavy atom. The third-order valence-electron chi connectivity index (χ3n) is 4.55. The van der Waals surface area contributed by atoms with Crippen LogP contribution in [0.15, 0.2) is 30.3 Å². The molecule has 0 radical (unpaired) electrons. The summed E-state index contributed by atoms with van der Waals surface area (Å²) in [6, 6.07) is 8.61. The fraction of sp³-hybridized carbons (Fsp3) is 0.611. The van der Waals surface area contributed by atoms with Crippen LogP contribution in [0.4, 0.5) is 0 Å². The lowest BCUT2D eigenvalue weighted by atomic mass is 10.0. The summed E-state index contributed by atoms with van der Waals surface area (Å²) in [5.74, 6) is -0.483. The van der Waals surface area contributed by atoms with Gasteiger partial charge in [-0.1, -0.05) is 37.3 Å². The molecule has 6 nitrogen and oxygen atoms in total. The standard InChI is InChI=1S/C18H28N2O4S/c1-4-18(2,3)19-25(22,23)20-13-9-8-12-16(20)17(21)24-14-15-10-6-5-7-11-15/h5-7,10-11,16,19H,4,8-9,12-14H2,1-3H3/t16-/m0/s1. The Hall–Kier alpha value is -1.44. The van der Waals surface area contributed by atoms with Crippen molar-refractivity contribution in [3.05, 3.63) is 35.9 Å². The van der Waals surface area contributed by atoms with Crippen LogP contribution in [0.1, 0.15) is 52.0 Å². The molecule has 0 saturated carbocycles. The van der Waals surface area contributed by atoms with Gasteiger partial charge in [-0.25, -0.2) is 0 Å². The van der Waals surface area contributed by atoms with Gasteiger partial charge in [0.2, 0.25) is 0 Å². The number of hydrogen-bond acceptors (Lipinski definition) is 4. The first-order valence-corrected chi connectivity index (χ1v) is 10.2. The van der Waals surface area contributed by atoms with E-state index in [2.05, 4.69) is 4.72 Å². The fourth-order valence-corrected chi connectivity index (χ4v) is 4.59. The first-order chi connectivity index (χ1) is 11.7. The molecule has 1 aromatic carbocycles. The largest absolute Gasteiger partial charge is 0.460 e. The molecule has 1 aliphatic rings. The van der Waals surface area contributed by atoms with Gasteiger partial charge < -0.3 is 4.74 Å². The van der Waals surface area contributed by atoms with Gasteiger partial charge in [-0.15, -0.1) is 0 Å². The molecule has 0 amide bonds. The lowest BCUT2D eigenvalue weighted by Crippen LogP contribution is -2.56. The normalized spacial score (nSPS) is 19.6. The predicted molar refractivity (Wildman–Crippen MR) is 97.0 cm³/mol. The number of rotatable bonds is 7. The van der Waals surface area contributed by atoms with E-state index in [1.165, 1.54) is 4.31 Å². The van der Waals surface area contributed by atoms with E-state index >= 15 is 0 Å². The predicted octanol–water partition coefficient (Wildman–Crippen LogP) is 2.61. The molecule has 1 heterocycles. The van der Waals surface area contributed by atoms with Crippen LogP contribution in [0.3, 0.4) is 0 Å². The van der Waals surface area contributed by atoms with Crippen LogP contribution in [-0.2, 0) is 26.3 Å². The molecule has 1 saturated heterocycles. The molecule has 1 N–H and O–H groups in total. The van der Waals surface area contributed by atoms with Crippen LogP contribution in [0, 0.1) is 0 Å². The van der Waals surface area contributed by atoms with Crippen LogP contribution in [0.5, 0.6) is 0 Å². The number of benzene rings is 1. The van der Waals surface area contributed by atoms with Crippen LogP contribution in [0.2, 0.25) is 0 Å². The zero-order chi connectivity index (χ0) is 18.5. The van der Waals surface area contributed by atoms with Gasteiger partial charge in [0, 0.05) is 12.1 Å². The van der Waals surface area contributed by atoms with Gasteiger partial charge >= 0.3 is 5.97 Å². The third kappa shape index (κ3) is 5.52. The van der Waals surface area contributed by atoms with Gasteiger partial charge in [-0.2, -0.15) is 17.4 Å². The Morgan fingerprint density at radius 3 is 2.60 bits per heavy atom. The molecule has 0 spiro atoms. The lowest BCUT2D eigenvalue weighted by molar-refractivity contribution is -0.150. The Balaban J connectivity index is 2.07. The van der Waals surface area contributed by atoms with Gasteiger partial charge in [0.05, 0.1) is 0 Å². The van der Waals surface area contributed by atoms with E-state index in [0.717, 1.165) is 18.4 Å². The van der Waals surface area contributed by atoms with Crippen molar-refractivity contribution in [1.82, 2.24) is 9.03 Å². The highest BCUT2D eigenvalue weighted by molar-refractivity contribution is 7.87. The van der Waals surface area contributed by atoms with E-state index < -0.39 is 27.8 Å². The molecule has 140 valence electrons. The highest BCUT2D eigenvalue weighted by atomic mass is 32.2. The molecule has 0 bridgehead atoms. The van der Waals surface area contributed by atoms with Crippen molar-refractivity contribution in [1.29, 1.82) is 0 Å². The van der Waals surface area contributed by atoms with E-state index in [1.807, 2.05) is 51.1 Å². The number of nitrogens with zero attached hydrogens (tertiary/aromatic N) is 1. The second-order valence-electron chi connectivity index (χ2n) is 7.06. The topological polar surface area (TPSA) is 75.7 Å². The molecule has 0 aromatic heterocycles. The summed E-state index contributed by atoms with van der Waals surface area (Å²) in [6.45, 7) is 6.07. The summed E-state index contributed by atoms with van der Waals surface area (Å²) in [5, 5.41) is 0. The highest BCUT2D eigenvalue weighted by Crippen LogP contribution is 2.23. The van der Waals surface area contributed by atoms with Crippen molar-refractivity contribution in [2.75, 3.05) is 6.54 Å². The first kappa shape index (κ1) is 19.9. The summed E-state index contributed by atoms with van der Waals surface area (Å²) in [4.78, 5) is 12.5. The molecule has 1 atom stereocenters. The van der Waals surface area contributed by atoms with E-state index in [0.29, 0.717) is 19.4 Å². The third-order valence-corrected chi connectivity index (χ3v) is 6.41. The Kier molecular flexibility index (Phi) is 6.59. The summed E-state index contributed by atoms with van der Waals surface area (Å²) < 4.78 is 34.9. The molecule has 25 heavy (non-hydrogen) atoms. The van der Waals surface area contributed by atoms with Gasteiger partial charge in [0.15, 0.2) is 0 Å². The summed E-state index contributed by atoms with van der Waals surface area (Å²) in [5.41, 5.74) is 0.320. The molecule has 1 fully saturated rings. The zero-order valence-electron chi connectivity index (χ0n) is 15.2. The average Bonchev–Trinajstić information content (AvgIpc) is 2.60. The number of hydrogen-bond donors (Lipinski definition) is 1. The van der Waals surface area contributed by atoms with Crippen molar-refractivity contribution in [3.8, 4) is 0 Å². The second kappa shape index (κ2) is 8.29. The quantitative estimate of drug-likeness (QED) is 0.751. The number of ether oxygens (including phenoxy) is 1. The van der Waals surface area contributed by atoms with Crippen molar-refractivity contribution in [2.45, 2.75) is 64.6 Å². The van der Waals surface area contributed by atoms with E-state index in [4.69, 9.17) is 4.74 Å². The summed E-state index contributed by atoms with van der Waals surface area (Å²) >= 11 is 0. The van der Waals surface area contributed by atoms with Crippen molar-refractivity contribution in [3.63, 3.8) is 0 Å². The van der Waals surface area contributed by atoms with E-state index in [-0.39, 0.29) is 6.61 Å². The molecular formula is C18H28N2O4S. The zero-order valence-corrected chi connectivity index (χ0v) is 16.0. The van der Waals surface area contributed by atoms with Crippen LogP contribution >= 0.6 is 0 Å². The van der Waals surface area contributed by atoms with Crippen LogP contribution in [-0.4, -0.2) is 36.8 Å². The fourth-order valence-electron chi connectivity index (χ4n) is 2.73. The Labute approximate surface area is 150 Å². The molecule has 0 unspecified atom stereocenters. The van der Waals surface area contributed by atoms with E-state index in [1.54, 1.807) is 0 Å². The van der Waals surface area contributed by atoms with Crippen molar-refractivity contribution >= 4 is 16.2 Å². The SMILES string of the molecule is CCC(C)(C)NS(=O)(=O)N1CCCC[C@H]1C(=O)OCc1ccccc1. The lowest BCUT2D eigenvalue weighted by Gasteiger charge is -2.35. The summed E-state index contributed by atoms with van der Waals surface area (Å²) in [7, 11) is -3.75. The average molecular weight is 368 g/mol. The molecule has 1 aliphatic heterocycles. The van der Waals surface area contributed by atoms with Crippen LogP contribution < -0.4 is 4.72 Å². The Bertz CT molecular complexity index is 674. The maximum absolute atomic E-state index is 12.8. The number of esters is 1. The smallest absolute Gasteiger partial charge is 0.324 e. The van der Waals surface area contributed by atoms with Gasteiger partial charge in [0.1, 0.15) is 12.6 Å². The molecular weight excluding hydrogens is 340 g/mol. The monoisotopic (exact) mass is 368 g/mol. The Morgan fingerprint density at radius 1 is 1.28 bits per heavy atom. The minimum absolute atomic E-state index is 0.151. The van der Waals surface area contributed by atoms with Gasteiger partial charge in [-0.3, -0.25) is 4.79 Å². The summed E-state index contributed by atoms with van der Waals surface area (Å²) in [6.07, 6.45) is 2.70. The van der Waals surface area contributed by atoms with Gasteiger partial charge in [-0.05, 0) is 45.1 Å². The number of piperidine rings is 1. The molecule has 0 aliphatic carbocycles. The maximum Gasteiger partial charge on any atom is 0.324 e. The highest BCUT2D eigenvalue weighted by Gasteiger charge is 2.39. The van der Waals surface area contributed by atoms with E-state index in [9.17, 15) is 13.2 Å². The number of carbonyl (C=O) groups excluding carboxylic acids is 1. The van der Waals surface area contributed by atoms with Crippen molar-refractivity contribution < 1.29 is 17.9 Å². The number of nitrogens with one attached hydrogen (secondary N) is 1. The maximum atomic E-state index is 12.8. The van der Waals surface area contributed by atoms with Gasteiger partial charge in [0.25, 0.3) is 10.2 Å².